The molecule has 10 nitrogen and oxygen atoms in total. The zero-order chi connectivity index (χ0) is 27.5. The van der Waals surface area contributed by atoms with Crippen LogP contribution in [0.4, 0.5) is 4.79 Å². The van der Waals surface area contributed by atoms with Crippen LogP contribution in [0.2, 0.25) is 0 Å². The molecule has 2 heterocycles. The number of urea groups is 1. The van der Waals surface area contributed by atoms with E-state index in [2.05, 4.69) is 16.0 Å². The van der Waals surface area contributed by atoms with E-state index in [1.807, 2.05) is 43.0 Å². The molecular formula is C27H37N5O5S. The van der Waals surface area contributed by atoms with Crippen molar-refractivity contribution in [3.8, 4) is 6.26 Å². The first-order valence-electron chi connectivity index (χ1n) is 13.2. The lowest BCUT2D eigenvalue weighted by Gasteiger charge is -2.20. The first-order chi connectivity index (χ1) is 18.3. The van der Waals surface area contributed by atoms with Crippen molar-refractivity contribution in [1.29, 1.82) is 5.26 Å². The Morgan fingerprint density at radius 2 is 1.95 bits per heavy atom. The van der Waals surface area contributed by atoms with E-state index in [-0.39, 0.29) is 36.2 Å². The third-order valence-corrected chi connectivity index (χ3v) is 8.48. The van der Waals surface area contributed by atoms with E-state index in [0.29, 0.717) is 31.1 Å². The summed E-state index contributed by atoms with van der Waals surface area (Å²) in [5.74, 6) is -0.493. The zero-order valence-electron chi connectivity index (χ0n) is 21.7. The number of hydrogen-bond acceptors (Lipinski definition) is 7. The molecule has 5 atom stereocenters. The summed E-state index contributed by atoms with van der Waals surface area (Å²) < 4.78 is 4.77. The van der Waals surface area contributed by atoms with E-state index < -0.39 is 17.9 Å². The SMILES string of the molecule is CCCNC(=O)C(Cc1ccc(CC(=O)CCCCC2SCC3NC(=O)NC32)cc1)CC(OC#N)C(N)=O. The first kappa shape index (κ1) is 29.3. The van der Waals surface area contributed by atoms with Gasteiger partial charge in [-0.15, -0.1) is 0 Å². The second-order valence-electron chi connectivity index (χ2n) is 9.93. The molecule has 0 saturated carbocycles. The number of Topliss-reactive ketones (excluding diaryl/α,β-unsaturated/α-hetero) is 1. The summed E-state index contributed by atoms with van der Waals surface area (Å²) in [6.45, 7) is 2.45. The Hall–Kier alpha value is -3.26. The highest BCUT2D eigenvalue weighted by molar-refractivity contribution is 8.00. The van der Waals surface area contributed by atoms with Gasteiger partial charge in [-0.2, -0.15) is 17.0 Å². The number of rotatable bonds is 16. The molecule has 5 N–H and O–H groups in total. The number of carbonyl (C=O) groups is 4. The van der Waals surface area contributed by atoms with Crippen LogP contribution in [0.15, 0.2) is 24.3 Å². The van der Waals surface area contributed by atoms with Gasteiger partial charge in [0.05, 0.1) is 12.1 Å². The van der Waals surface area contributed by atoms with Crippen molar-refractivity contribution in [1.82, 2.24) is 16.0 Å². The molecule has 38 heavy (non-hydrogen) atoms. The van der Waals surface area contributed by atoms with Gasteiger partial charge in [-0.3, -0.25) is 14.4 Å². The summed E-state index contributed by atoms with van der Waals surface area (Å²) in [4.78, 5) is 48.4. The van der Waals surface area contributed by atoms with Crippen molar-refractivity contribution in [2.24, 2.45) is 11.7 Å². The van der Waals surface area contributed by atoms with Gasteiger partial charge in [0.1, 0.15) is 5.78 Å². The van der Waals surface area contributed by atoms with Gasteiger partial charge in [-0.25, -0.2) is 4.79 Å². The number of unbranched alkanes of at least 4 members (excludes halogenated alkanes) is 1. The lowest BCUT2D eigenvalue weighted by molar-refractivity contribution is -0.130. The lowest BCUT2D eigenvalue weighted by atomic mass is 9.91. The summed E-state index contributed by atoms with van der Waals surface area (Å²) in [5, 5.41) is 18.0. The lowest BCUT2D eigenvalue weighted by Crippen LogP contribution is -2.38. The molecule has 0 radical (unpaired) electrons. The van der Waals surface area contributed by atoms with Crippen LogP contribution < -0.4 is 21.7 Å². The number of hydrogen-bond donors (Lipinski definition) is 4. The molecule has 3 rings (SSSR count). The Morgan fingerprint density at radius 3 is 2.63 bits per heavy atom. The summed E-state index contributed by atoms with van der Waals surface area (Å²) in [6, 6.07) is 7.87. The minimum absolute atomic E-state index is 0.00231. The van der Waals surface area contributed by atoms with E-state index in [1.165, 1.54) is 6.26 Å². The quantitative estimate of drug-likeness (QED) is 0.141. The number of ether oxygens (including phenoxy) is 1. The fourth-order valence-electron chi connectivity index (χ4n) is 4.92. The molecule has 0 aromatic heterocycles. The Labute approximate surface area is 227 Å². The van der Waals surface area contributed by atoms with Gasteiger partial charge in [-0.05, 0) is 36.8 Å². The number of primary amides is 1. The maximum absolute atomic E-state index is 12.7. The molecular weight excluding hydrogens is 506 g/mol. The molecule has 2 saturated heterocycles. The fourth-order valence-corrected chi connectivity index (χ4v) is 6.47. The molecule has 0 aliphatic carbocycles. The Balaban J connectivity index is 1.45. The summed E-state index contributed by atoms with van der Waals surface area (Å²) >= 11 is 1.88. The predicted molar refractivity (Wildman–Crippen MR) is 144 cm³/mol. The predicted octanol–water partition coefficient (Wildman–Crippen LogP) is 1.95. The standard InChI is InChI=1S/C27H37N5O5S/c1-2-11-30-26(35)19(14-22(25(29)34)37-16-28)12-17-7-9-18(10-8-17)13-20(33)5-3-4-6-23-24-21(15-38-23)31-27(36)32-24/h7-10,19,21-24H,2-6,11-15H2,1H3,(H2,29,34)(H,30,35)(H2,31,32,36). The topological polar surface area (TPSA) is 163 Å². The zero-order valence-corrected chi connectivity index (χ0v) is 22.6. The minimum atomic E-state index is -1.17. The Bertz CT molecular complexity index is 1030. The smallest absolute Gasteiger partial charge is 0.315 e. The normalized spacial score (nSPS) is 21.4. The third kappa shape index (κ3) is 8.65. The highest BCUT2D eigenvalue weighted by Gasteiger charge is 2.42. The van der Waals surface area contributed by atoms with E-state index >= 15 is 0 Å². The van der Waals surface area contributed by atoms with Crippen LogP contribution in [0, 0.1) is 17.4 Å². The average molecular weight is 544 g/mol. The average Bonchev–Trinajstić information content (AvgIpc) is 3.44. The number of amides is 4. The van der Waals surface area contributed by atoms with Crippen LogP contribution in [-0.2, 0) is 32.0 Å². The monoisotopic (exact) mass is 543 g/mol. The van der Waals surface area contributed by atoms with Crippen LogP contribution in [0.25, 0.3) is 0 Å². The van der Waals surface area contributed by atoms with E-state index in [4.69, 9.17) is 15.7 Å². The number of carbonyl (C=O) groups excluding carboxylic acids is 4. The largest absolute Gasteiger partial charge is 0.414 e. The van der Waals surface area contributed by atoms with Crippen molar-refractivity contribution < 1.29 is 23.9 Å². The van der Waals surface area contributed by atoms with Crippen molar-refractivity contribution in [2.45, 2.75) is 81.7 Å². The fraction of sp³-hybridized carbons (Fsp3) is 0.593. The number of nitriles is 1. The molecule has 0 bridgehead atoms. The van der Waals surface area contributed by atoms with Crippen LogP contribution in [0.1, 0.15) is 56.6 Å². The minimum Gasteiger partial charge on any atom is -0.414 e. The number of benzene rings is 1. The second kappa shape index (κ2) is 14.6. The van der Waals surface area contributed by atoms with Crippen molar-refractivity contribution in [2.75, 3.05) is 12.3 Å². The molecule has 2 fully saturated rings. The molecule has 5 unspecified atom stereocenters. The van der Waals surface area contributed by atoms with E-state index in [9.17, 15) is 19.2 Å². The van der Waals surface area contributed by atoms with Crippen LogP contribution in [0.3, 0.4) is 0 Å². The van der Waals surface area contributed by atoms with Gasteiger partial charge in [0.15, 0.2) is 6.10 Å². The molecule has 1 aromatic rings. The Kier molecular flexibility index (Phi) is 11.3. The maximum Gasteiger partial charge on any atom is 0.315 e. The maximum atomic E-state index is 12.7. The van der Waals surface area contributed by atoms with Crippen molar-refractivity contribution in [3.63, 3.8) is 0 Å². The number of nitrogens with one attached hydrogen (secondary N) is 3. The van der Waals surface area contributed by atoms with E-state index in [1.54, 1.807) is 0 Å². The van der Waals surface area contributed by atoms with Gasteiger partial charge in [-0.1, -0.05) is 37.6 Å². The van der Waals surface area contributed by atoms with Crippen molar-refractivity contribution in [3.05, 3.63) is 35.4 Å². The molecule has 11 heteroatoms. The Morgan fingerprint density at radius 1 is 1.21 bits per heavy atom. The number of thioether (sulfide) groups is 1. The van der Waals surface area contributed by atoms with E-state index in [0.717, 1.165) is 42.6 Å². The number of nitrogens with zero attached hydrogens (tertiary/aromatic N) is 1. The van der Waals surface area contributed by atoms with Crippen molar-refractivity contribution >= 4 is 35.4 Å². The number of fused-ring (bicyclic) bond motifs is 1. The van der Waals surface area contributed by atoms with Gasteiger partial charge in [0.2, 0.25) is 5.91 Å². The molecule has 2 aliphatic rings. The number of nitrogens with two attached hydrogens (primary N) is 1. The third-order valence-electron chi connectivity index (χ3n) is 6.97. The summed E-state index contributed by atoms with van der Waals surface area (Å²) in [6.07, 6.45) is 5.06. The molecule has 206 valence electrons. The highest BCUT2D eigenvalue weighted by atomic mass is 32.2. The van der Waals surface area contributed by atoms with Gasteiger partial charge in [0, 0.05) is 42.7 Å². The number of ketones is 1. The second-order valence-corrected chi connectivity index (χ2v) is 11.2. The summed E-state index contributed by atoms with van der Waals surface area (Å²) in [5.41, 5.74) is 7.11. The molecule has 4 amide bonds. The molecule has 0 spiro atoms. The molecule has 1 aromatic carbocycles. The van der Waals surface area contributed by atoms with Crippen LogP contribution in [-0.4, -0.2) is 59.4 Å². The first-order valence-corrected chi connectivity index (χ1v) is 14.3. The van der Waals surface area contributed by atoms with Gasteiger partial charge < -0.3 is 26.4 Å². The molecule has 2 aliphatic heterocycles. The summed E-state index contributed by atoms with van der Waals surface area (Å²) in [7, 11) is 0. The highest BCUT2D eigenvalue weighted by Crippen LogP contribution is 2.33. The van der Waals surface area contributed by atoms with Gasteiger partial charge in [0.25, 0.3) is 12.2 Å². The van der Waals surface area contributed by atoms with Crippen LogP contribution in [0.5, 0.6) is 0 Å². The van der Waals surface area contributed by atoms with Gasteiger partial charge >= 0.3 is 6.03 Å². The van der Waals surface area contributed by atoms with Crippen LogP contribution >= 0.6 is 11.8 Å².